The first-order valence-electron chi connectivity index (χ1n) is 9.80. The van der Waals surface area contributed by atoms with Gasteiger partial charge in [-0.2, -0.15) is 0 Å². The van der Waals surface area contributed by atoms with Crippen LogP contribution in [0.25, 0.3) is 21.3 Å². The van der Waals surface area contributed by atoms with Crippen molar-refractivity contribution in [3.63, 3.8) is 0 Å². The number of aromatic nitrogens is 2. The fourth-order valence-corrected chi connectivity index (χ4v) is 4.53. The van der Waals surface area contributed by atoms with Crippen LogP contribution < -0.4 is 10.9 Å². The van der Waals surface area contributed by atoms with E-state index in [9.17, 15) is 9.59 Å². The lowest BCUT2D eigenvalue weighted by Gasteiger charge is -2.15. The van der Waals surface area contributed by atoms with Crippen LogP contribution in [0.15, 0.2) is 59.7 Å². The first-order chi connectivity index (χ1) is 14.4. The van der Waals surface area contributed by atoms with Crippen LogP contribution in [0.5, 0.6) is 0 Å². The summed E-state index contributed by atoms with van der Waals surface area (Å²) in [6.45, 7) is 7.85. The molecule has 1 unspecified atom stereocenters. The van der Waals surface area contributed by atoms with Crippen molar-refractivity contribution in [2.45, 2.75) is 33.7 Å². The van der Waals surface area contributed by atoms with Gasteiger partial charge in [0.15, 0.2) is 0 Å². The van der Waals surface area contributed by atoms with Gasteiger partial charge in [0.05, 0.1) is 11.7 Å². The zero-order valence-corrected chi connectivity index (χ0v) is 18.2. The quantitative estimate of drug-likeness (QED) is 0.493. The number of amides is 1. The fourth-order valence-electron chi connectivity index (χ4n) is 3.53. The van der Waals surface area contributed by atoms with E-state index < -0.39 is 6.04 Å². The predicted molar refractivity (Wildman–Crippen MR) is 123 cm³/mol. The van der Waals surface area contributed by atoms with Gasteiger partial charge in [0.2, 0.25) is 5.91 Å². The number of carbonyl (C=O) groups excluding carboxylic acids is 1. The highest BCUT2D eigenvalue weighted by atomic mass is 32.1. The lowest BCUT2D eigenvalue weighted by atomic mass is 9.99. The Hall–Kier alpha value is -3.25. The second-order valence-electron chi connectivity index (χ2n) is 7.50. The molecule has 152 valence electrons. The molecule has 30 heavy (non-hydrogen) atoms. The van der Waals surface area contributed by atoms with Crippen molar-refractivity contribution in [3.05, 3.63) is 81.2 Å². The Kier molecular flexibility index (Phi) is 5.26. The number of para-hydroxylation sites is 1. The van der Waals surface area contributed by atoms with E-state index in [1.807, 2.05) is 43.3 Å². The number of rotatable bonds is 4. The molecule has 2 aromatic heterocycles. The number of carbonyl (C=O) groups is 1. The molecular formula is C24H23N3O2S. The third kappa shape index (κ3) is 3.55. The Morgan fingerprint density at radius 2 is 1.80 bits per heavy atom. The van der Waals surface area contributed by atoms with E-state index in [2.05, 4.69) is 36.3 Å². The minimum Gasteiger partial charge on any atom is -0.324 e. The van der Waals surface area contributed by atoms with Gasteiger partial charge in [-0.3, -0.25) is 14.2 Å². The SMILES string of the molecule is Cc1ccc(-c2c(C)sc3ncn(C(C)C(=O)Nc4ccccc4)c(=O)c23)cc1C. The normalized spacial score (nSPS) is 12.1. The lowest BCUT2D eigenvalue weighted by molar-refractivity contribution is -0.118. The molecule has 1 N–H and O–H groups in total. The maximum Gasteiger partial charge on any atom is 0.263 e. The third-order valence-corrected chi connectivity index (χ3v) is 6.46. The highest BCUT2D eigenvalue weighted by Crippen LogP contribution is 2.36. The van der Waals surface area contributed by atoms with Gasteiger partial charge in [-0.1, -0.05) is 36.4 Å². The summed E-state index contributed by atoms with van der Waals surface area (Å²) in [6, 6.07) is 14.7. The molecule has 0 aliphatic heterocycles. The molecule has 0 saturated carbocycles. The van der Waals surface area contributed by atoms with Crippen molar-refractivity contribution in [1.82, 2.24) is 9.55 Å². The smallest absolute Gasteiger partial charge is 0.263 e. The van der Waals surface area contributed by atoms with Crippen LogP contribution in [0.2, 0.25) is 0 Å². The first kappa shape index (κ1) is 20.0. The summed E-state index contributed by atoms with van der Waals surface area (Å²) in [5, 5.41) is 3.43. The van der Waals surface area contributed by atoms with Crippen molar-refractivity contribution in [2.75, 3.05) is 5.32 Å². The zero-order valence-electron chi connectivity index (χ0n) is 17.4. The maximum atomic E-state index is 13.4. The minimum atomic E-state index is -0.692. The van der Waals surface area contributed by atoms with Crippen LogP contribution in [0.1, 0.15) is 29.0 Å². The van der Waals surface area contributed by atoms with Crippen molar-refractivity contribution in [3.8, 4) is 11.1 Å². The molecule has 6 heteroatoms. The van der Waals surface area contributed by atoms with Crippen molar-refractivity contribution < 1.29 is 4.79 Å². The summed E-state index contributed by atoms with van der Waals surface area (Å²) in [6.07, 6.45) is 1.47. The summed E-state index contributed by atoms with van der Waals surface area (Å²) in [7, 11) is 0. The molecule has 4 rings (SSSR count). The van der Waals surface area contributed by atoms with Gasteiger partial charge >= 0.3 is 0 Å². The van der Waals surface area contributed by atoms with E-state index in [4.69, 9.17) is 0 Å². The van der Waals surface area contributed by atoms with E-state index in [0.717, 1.165) is 16.0 Å². The average Bonchev–Trinajstić information content (AvgIpc) is 3.07. The van der Waals surface area contributed by atoms with E-state index in [1.165, 1.54) is 33.4 Å². The molecule has 0 aliphatic rings. The number of nitrogens with one attached hydrogen (secondary N) is 1. The second-order valence-corrected chi connectivity index (χ2v) is 8.70. The monoisotopic (exact) mass is 417 g/mol. The van der Waals surface area contributed by atoms with Crippen molar-refractivity contribution >= 4 is 33.1 Å². The van der Waals surface area contributed by atoms with Gasteiger partial charge in [0.25, 0.3) is 5.56 Å². The molecule has 2 heterocycles. The van der Waals surface area contributed by atoms with Gasteiger partial charge < -0.3 is 5.32 Å². The largest absolute Gasteiger partial charge is 0.324 e. The molecule has 0 spiro atoms. The number of fused-ring (bicyclic) bond motifs is 1. The van der Waals surface area contributed by atoms with Crippen LogP contribution in [-0.4, -0.2) is 15.5 Å². The molecule has 2 aromatic carbocycles. The van der Waals surface area contributed by atoms with Crippen LogP contribution in [0.4, 0.5) is 5.69 Å². The topological polar surface area (TPSA) is 64.0 Å². The average molecular weight is 418 g/mol. The van der Waals surface area contributed by atoms with E-state index in [-0.39, 0.29) is 11.5 Å². The number of nitrogens with zero attached hydrogens (tertiary/aromatic N) is 2. The number of hydrogen-bond acceptors (Lipinski definition) is 4. The Bertz CT molecular complexity index is 1310. The summed E-state index contributed by atoms with van der Waals surface area (Å²) < 4.78 is 1.41. The number of anilines is 1. The van der Waals surface area contributed by atoms with Crippen molar-refractivity contribution in [1.29, 1.82) is 0 Å². The van der Waals surface area contributed by atoms with Crippen LogP contribution >= 0.6 is 11.3 Å². The fraction of sp³-hybridized carbons (Fsp3) is 0.208. The van der Waals surface area contributed by atoms with Gasteiger partial charge in [-0.25, -0.2) is 4.98 Å². The number of thiophene rings is 1. The molecule has 1 atom stereocenters. The van der Waals surface area contributed by atoms with E-state index in [0.29, 0.717) is 15.9 Å². The number of aryl methyl sites for hydroxylation is 3. The molecule has 4 aromatic rings. The highest BCUT2D eigenvalue weighted by molar-refractivity contribution is 7.19. The van der Waals surface area contributed by atoms with Gasteiger partial charge in [-0.05, 0) is 56.5 Å². The molecule has 0 saturated heterocycles. The summed E-state index contributed by atoms with van der Waals surface area (Å²) in [5.74, 6) is -0.260. The highest BCUT2D eigenvalue weighted by Gasteiger charge is 2.22. The molecule has 1 amide bonds. The summed E-state index contributed by atoms with van der Waals surface area (Å²) >= 11 is 1.50. The van der Waals surface area contributed by atoms with Crippen LogP contribution in [0.3, 0.4) is 0 Å². The predicted octanol–water partition coefficient (Wildman–Crippen LogP) is 5.25. The first-order valence-corrected chi connectivity index (χ1v) is 10.6. The maximum absolute atomic E-state index is 13.4. The Labute approximate surface area is 179 Å². The van der Waals surface area contributed by atoms with Crippen molar-refractivity contribution in [2.24, 2.45) is 0 Å². The Morgan fingerprint density at radius 1 is 1.07 bits per heavy atom. The van der Waals surface area contributed by atoms with Gasteiger partial charge in [0.1, 0.15) is 10.9 Å². The van der Waals surface area contributed by atoms with Gasteiger partial charge in [0, 0.05) is 16.1 Å². The zero-order chi connectivity index (χ0) is 21.4. The minimum absolute atomic E-state index is 0.201. The summed E-state index contributed by atoms with van der Waals surface area (Å²) in [4.78, 5) is 32.4. The number of benzene rings is 2. The molecule has 0 bridgehead atoms. The molecule has 5 nitrogen and oxygen atoms in total. The van der Waals surface area contributed by atoms with E-state index in [1.54, 1.807) is 6.92 Å². The molecule has 0 aliphatic carbocycles. The van der Waals surface area contributed by atoms with Crippen LogP contribution in [0, 0.1) is 20.8 Å². The van der Waals surface area contributed by atoms with Crippen LogP contribution in [-0.2, 0) is 4.79 Å². The lowest BCUT2D eigenvalue weighted by Crippen LogP contribution is -2.31. The third-order valence-electron chi connectivity index (χ3n) is 5.45. The molecular weight excluding hydrogens is 394 g/mol. The summed E-state index contributed by atoms with van der Waals surface area (Å²) in [5.41, 5.74) is 4.77. The second kappa shape index (κ2) is 7.88. The molecule has 0 fully saturated rings. The Morgan fingerprint density at radius 3 is 2.50 bits per heavy atom. The van der Waals surface area contributed by atoms with Gasteiger partial charge in [-0.15, -0.1) is 11.3 Å². The standard InChI is InChI=1S/C24H23N3O2S/c1-14-10-11-18(12-15(14)2)20-17(4)30-23-21(20)24(29)27(13-25-23)16(3)22(28)26-19-8-6-5-7-9-19/h5-13,16H,1-4H3,(H,26,28). The number of hydrogen-bond donors (Lipinski definition) is 1. The molecule has 0 radical (unpaired) electrons. The Balaban J connectivity index is 1.79. The van der Waals surface area contributed by atoms with E-state index >= 15 is 0 Å².